The molecule has 0 aromatic heterocycles. The van der Waals surface area contributed by atoms with Gasteiger partial charge in [-0.05, 0) is 44.6 Å². The minimum absolute atomic E-state index is 0.0999. The molecule has 1 N–H and O–H groups in total. The monoisotopic (exact) mass is 326 g/mol. The summed E-state index contributed by atoms with van der Waals surface area (Å²) in [5, 5.41) is 3.39. The number of hydrogen-bond donors (Lipinski definition) is 1. The maximum absolute atomic E-state index is 11.2. The third-order valence-corrected chi connectivity index (χ3v) is 5.92. The molecule has 1 radical (unpaired) electrons. The summed E-state index contributed by atoms with van der Waals surface area (Å²) in [5.74, 6) is 0.285. The molecule has 0 amide bonds. The highest BCUT2D eigenvalue weighted by Crippen LogP contribution is 2.46. The van der Waals surface area contributed by atoms with Crippen LogP contribution in [0.25, 0.3) is 0 Å². The van der Waals surface area contributed by atoms with E-state index in [0.29, 0.717) is 0 Å². The van der Waals surface area contributed by atoms with Crippen LogP contribution in [0.2, 0.25) is 0 Å². The van der Waals surface area contributed by atoms with Crippen molar-refractivity contribution < 1.29 is 8.42 Å². The van der Waals surface area contributed by atoms with E-state index in [1.807, 2.05) is 12.2 Å². The molecule has 0 unspecified atom stereocenters. The first-order valence-electron chi connectivity index (χ1n) is 7.61. The summed E-state index contributed by atoms with van der Waals surface area (Å²) in [4.78, 5) is 0.936. The van der Waals surface area contributed by atoms with Crippen LogP contribution in [0.3, 0.4) is 0 Å². The van der Waals surface area contributed by atoms with Crippen LogP contribution in [0, 0.1) is 11.8 Å². The minimum atomic E-state index is -2.84. The molecule has 2 aliphatic carbocycles. The number of hydrogen-bond acceptors (Lipinski definition) is 3. The number of unbranched alkanes of at least 4 members (excludes halogenated alkanes) is 1. The van der Waals surface area contributed by atoms with Gasteiger partial charge in [0, 0.05) is 23.1 Å². The summed E-state index contributed by atoms with van der Waals surface area (Å²) >= 11 is 5.63. The molecule has 0 atom stereocenters. The highest BCUT2D eigenvalue weighted by atomic mass is 32.2. The standard InChI is InChI=1S/C16H24NO2S2/c1-21(18,19)13-6-5-10-16(11-7-12-16)15(20)17-14-8-3-2-4-9-14/h2-3,8-9H,4-7,10-13H2,1H3,(H,17,20). The quantitative estimate of drug-likeness (QED) is 0.576. The van der Waals surface area contributed by atoms with Crippen LogP contribution in [0.5, 0.6) is 0 Å². The van der Waals surface area contributed by atoms with E-state index in [-0.39, 0.29) is 11.2 Å². The number of nitrogens with one attached hydrogen (secondary N) is 1. The van der Waals surface area contributed by atoms with E-state index in [9.17, 15) is 8.42 Å². The van der Waals surface area contributed by atoms with Crippen molar-refractivity contribution in [3.8, 4) is 0 Å². The zero-order valence-corrected chi connectivity index (χ0v) is 14.2. The molecule has 117 valence electrons. The van der Waals surface area contributed by atoms with E-state index < -0.39 is 9.84 Å². The second kappa shape index (κ2) is 7.05. The van der Waals surface area contributed by atoms with Crippen LogP contribution in [0.4, 0.5) is 0 Å². The van der Waals surface area contributed by atoms with Gasteiger partial charge in [-0.1, -0.05) is 37.2 Å². The third-order valence-electron chi connectivity index (χ3n) is 4.36. The highest BCUT2D eigenvalue weighted by molar-refractivity contribution is 7.90. The Hall–Kier alpha value is -0.680. The first-order chi connectivity index (χ1) is 9.91. The lowest BCUT2D eigenvalue weighted by molar-refractivity contribution is 0.209. The van der Waals surface area contributed by atoms with E-state index in [1.165, 1.54) is 12.7 Å². The normalized spacial score (nSPS) is 20.5. The molecule has 0 heterocycles. The fourth-order valence-corrected chi connectivity index (χ4v) is 4.04. The van der Waals surface area contributed by atoms with Crippen LogP contribution < -0.4 is 5.32 Å². The Morgan fingerprint density at radius 3 is 2.67 bits per heavy atom. The van der Waals surface area contributed by atoms with Crippen molar-refractivity contribution in [3.63, 3.8) is 0 Å². The third kappa shape index (κ3) is 4.92. The Morgan fingerprint density at radius 1 is 1.38 bits per heavy atom. The molecular weight excluding hydrogens is 302 g/mol. The van der Waals surface area contributed by atoms with Gasteiger partial charge in [-0.15, -0.1) is 0 Å². The molecule has 0 saturated heterocycles. The molecule has 0 aromatic rings. The summed E-state index contributed by atoms with van der Waals surface area (Å²) in [6.07, 6.45) is 16.7. The second-order valence-electron chi connectivity index (χ2n) is 6.16. The van der Waals surface area contributed by atoms with Gasteiger partial charge in [0.25, 0.3) is 0 Å². The smallest absolute Gasteiger partial charge is 0.147 e. The van der Waals surface area contributed by atoms with E-state index in [0.717, 1.165) is 49.2 Å². The Labute approximate surface area is 133 Å². The zero-order valence-electron chi connectivity index (χ0n) is 12.6. The number of sulfone groups is 1. The lowest BCUT2D eigenvalue weighted by Crippen LogP contribution is -2.44. The summed E-state index contributed by atoms with van der Waals surface area (Å²) in [7, 11) is -2.84. The fraction of sp³-hybridized carbons (Fsp3) is 0.625. The number of thiocarbonyl (C=S) groups is 1. The molecule has 0 aromatic carbocycles. The van der Waals surface area contributed by atoms with E-state index in [4.69, 9.17) is 12.2 Å². The van der Waals surface area contributed by atoms with Crippen molar-refractivity contribution in [2.24, 2.45) is 5.41 Å². The Kier molecular flexibility index (Phi) is 5.60. The molecule has 2 aliphatic rings. The molecule has 0 spiro atoms. The van der Waals surface area contributed by atoms with Crippen molar-refractivity contribution in [2.75, 3.05) is 12.0 Å². The van der Waals surface area contributed by atoms with E-state index >= 15 is 0 Å². The van der Waals surface area contributed by atoms with Gasteiger partial charge in [0.15, 0.2) is 0 Å². The molecule has 21 heavy (non-hydrogen) atoms. The summed E-state index contributed by atoms with van der Waals surface area (Å²) in [6, 6.07) is 0. The van der Waals surface area contributed by atoms with Crippen LogP contribution in [-0.4, -0.2) is 25.4 Å². The summed E-state index contributed by atoms with van der Waals surface area (Å²) in [5.41, 5.74) is 1.19. The molecule has 1 saturated carbocycles. The maximum Gasteiger partial charge on any atom is 0.147 e. The fourth-order valence-electron chi connectivity index (χ4n) is 2.89. The lowest BCUT2D eigenvalue weighted by Gasteiger charge is -2.43. The number of rotatable bonds is 7. The van der Waals surface area contributed by atoms with Crippen molar-refractivity contribution in [3.05, 3.63) is 30.3 Å². The molecule has 0 aliphatic heterocycles. The average Bonchev–Trinajstić information content (AvgIpc) is 2.36. The van der Waals surface area contributed by atoms with Crippen LogP contribution >= 0.6 is 12.2 Å². The Morgan fingerprint density at radius 2 is 2.14 bits per heavy atom. The number of allylic oxidation sites excluding steroid dienone is 3. The van der Waals surface area contributed by atoms with Gasteiger partial charge < -0.3 is 5.32 Å². The van der Waals surface area contributed by atoms with Crippen molar-refractivity contribution in [2.45, 2.75) is 44.9 Å². The Bertz CT molecular complexity index is 543. The largest absolute Gasteiger partial charge is 0.350 e. The second-order valence-corrected chi connectivity index (χ2v) is 8.83. The van der Waals surface area contributed by atoms with E-state index in [1.54, 1.807) is 0 Å². The molecule has 1 fully saturated rings. The van der Waals surface area contributed by atoms with Crippen LogP contribution in [0.15, 0.2) is 23.9 Å². The predicted molar refractivity (Wildman–Crippen MR) is 91.7 cm³/mol. The van der Waals surface area contributed by atoms with Crippen molar-refractivity contribution >= 4 is 27.0 Å². The Balaban J connectivity index is 1.84. The summed E-state index contributed by atoms with van der Waals surface area (Å²) < 4.78 is 22.4. The van der Waals surface area contributed by atoms with Gasteiger partial charge in [0.2, 0.25) is 0 Å². The molecule has 3 nitrogen and oxygen atoms in total. The topological polar surface area (TPSA) is 46.2 Å². The van der Waals surface area contributed by atoms with Gasteiger partial charge in [0.05, 0.1) is 4.99 Å². The predicted octanol–water partition coefficient (Wildman–Crippen LogP) is 3.34. The van der Waals surface area contributed by atoms with E-state index in [2.05, 4.69) is 17.8 Å². The van der Waals surface area contributed by atoms with Gasteiger partial charge in [-0.3, -0.25) is 0 Å². The van der Waals surface area contributed by atoms with Crippen molar-refractivity contribution in [1.82, 2.24) is 5.32 Å². The summed E-state index contributed by atoms with van der Waals surface area (Å²) in [6.45, 7) is 0. The van der Waals surface area contributed by atoms with Crippen molar-refractivity contribution in [1.29, 1.82) is 0 Å². The van der Waals surface area contributed by atoms with Gasteiger partial charge in [-0.2, -0.15) is 0 Å². The van der Waals surface area contributed by atoms with Crippen LogP contribution in [-0.2, 0) is 9.84 Å². The van der Waals surface area contributed by atoms with Gasteiger partial charge >= 0.3 is 0 Å². The SMILES string of the molecule is CS(=O)(=O)CCCCC1(C(=S)NC2=CC[CH]C=C2)CCC1. The lowest BCUT2D eigenvalue weighted by atomic mass is 9.65. The molecule has 0 bridgehead atoms. The minimum Gasteiger partial charge on any atom is -0.350 e. The first-order valence-corrected chi connectivity index (χ1v) is 10.1. The average molecular weight is 327 g/mol. The van der Waals surface area contributed by atoms with Gasteiger partial charge in [0.1, 0.15) is 9.84 Å². The van der Waals surface area contributed by atoms with Crippen LogP contribution in [0.1, 0.15) is 44.9 Å². The van der Waals surface area contributed by atoms with Gasteiger partial charge in [-0.25, -0.2) is 8.42 Å². The molecular formula is C16H24NO2S2. The maximum atomic E-state index is 11.2. The first kappa shape index (κ1) is 16.7. The zero-order chi connectivity index (χ0) is 15.3. The highest BCUT2D eigenvalue weighted by Gasteiger charge is 2.40. The molecule has 2 rings (SSSR count). The molecule has 5 heteroatoms.